The standard InChI is InChI=1S/C12H19N7O/c1-12(2,7-20)18(4)10-15-9(13-3)16-11(17-10)19-6-5-14-8-19/h5-6,8,20H,7H2,1-4H3,(H,13,15,16,17). The molecule has 0 aliphatic heterocycles. The predicted octanol–water partition coefficient (Wildman–Crippen LogP) is 0.306. The van der Waals surface area contributed by atoms with Crippen LogP contribution in [0.5, 0.6) is 0 Å². The molecule has 2 rings (SSSR count). The molecule has 8 nitrogen and oxygen atoms in total. The molecule has 108 valence electrons. The summed E-state index contributed by atoms with van der Waals surface area (Å²) in [4.78, 5) is 18.8. The molecule has 0 aliphatic carbocycles. The van der Waals surface area contributed by atoms with Gasteiger partial charge >= 0.3 is 0 Å². The van der Waals surface area contributed by atoms with Crippen molar-refractivity contribution in [1.82, 2.24) is 24.5 Å². The van der Waals surface area contributed by atoms with E-state index in [1.165, 1.54) is 0 Å². The maximum absolute atomic E-state index is 9.46. The van der Waals surface area contributed by atoms with Crippen molar-refractivity contribution in [3.63, 3.8) is 0 Å². The Bertz CT molecular complexity index is 567. The van der Waals surface area contributed by atoms with Crippen LogP contribution in [0.15, 0.2) is 18.7 Å². The number of nitrogens with one attached hydrogen (secondary N) is 1. The van der Waals surface area contributed by atoms with Gasteiger partial charge in [-0.15, -0.1) is 0 Å². The summed E-state index contributed by atoms with van der Waals surface area (Å²) in [5, 5.41) is 12.4. The van der Waals surface area contributed by atoms with Gasteiger partial charge in [0.25, 0.3) is 0 Å². The van der Waals surface area contributed by atoms with Crippen molar-refractivity contribution in [2.45, 2.75) is 19.4 Å². The number of aromatic nitrogens is 5. The summed E-state index contributed by atoms with van der Waals surface area (Å²) in [7, 11) is 3.58. The average Bonchev–Trinajstić information content (AvgIpc) is 3.00. The monoisotopic (exact) mass is 277 g/mol. The molecule has 0 atom stereocenters. The number of aliphatic hydroxyl groups excluding tert-OH is 1. The molecule has 2 aromatic rings. The number of hydrogen-bond acceptors (Lipinski definition) is 7. The second-order valence-electron chi connectivity index (χ2n) is 5.01. The van der Waals surface area contributed by atoms with Crippen LogP contribution in [-0.4, -0.2) is 55.9 Å². The minimum atomic E-state index is -0.474. The van der Waals surface area contributed by atoms with Crippen molar-refractivity contribution in [3.05, 3.63) is 18.7 Å². The molecule has 2 heterocycles. The Labute approximate surface area is 117 Å². The SMILES string of the molecule is CNc1nc(N(C)C(C)(C)CO)nc(-n2ccnc2)n1. The first-order valence-electron chi connectivity index (χ1n) is 6.25. The number of anilines is 2. The van der Waals surface area contributed by atoms with Crippen LogP contribution in [0.25, 0.3) is 5.95 Å². The molecule has 0 spiro atoms. The Kier molecular flexibility index (Phi) is 3.84. The first-order valence-corrected chi connectivity index (χ1v) is 6.25. The summed E-state index contributed by atoms with van der Waals surface area (Å²) in [6.45, 7) is 3.81. The third kappa shape index (κ3) is 2.69. The molecular weight excluding hydrogens is 258 g/mol. The number of rotatable bonds is 5. The predicted molar refractivity (Wildman–Crippen MR) is 76.1 cm³/mol. The molecule has 0 unspecified atom stereocenters. The first-order chi connectivity index (χ1) is 9.47. The number of hydrogen-bond donors (Lipinski definition) is 2. The van der Waals surface area contributed by atoms with E-state index in [1.807, 2.05) is 25.8 Å². The average molecular weight is 277 g/mol. The highest BCUT2D eigenvalue weighted by molar-refractivity contribution is 5.41. The lowest BCUT2D eigenvalue weighted by molar-refractivity contribution is 0.215. The fraction of sp³-hybridized carbons (Fsp3) is 0.500. The number of nitrogens with zero attached hydrogens (tertiary/aromatic N) is 6. The fourth-order valence-corrected chi connectivity index (χ4v) is 1.49. The van der Waals surface area contributed by atoms with Crippen LogP contribution in [0.4, 0.5) is 11.9 Å². The number of imidazole rings is 1. The van der Waals surface area contributed by atoms with Crippen LogP contribution in [0.1, 0.15) is 13.8 Å². The van der Waals surface area contributed by atoms with Gasteiger partial charge in [-0.2, -0.15) is 15.0 Å². The highest BCUT2D eigenvalue weighted by Gasteiger charge is 2.25. The maximum atomic E-state index is 9.46. The van der Waals surface area contributed by atoms with Gasteiger partial charge in [0.05, 0.1) is 12.1 Å². The Morgan fingerprint density at radius 1 is 1.35 bits per heavy atom. The van der Waals surface area contributed by atoms with Gasteiger partial charge in [-0.1, -0.05) is 0 Å². The van der Waals surface area contributed by atoms with Crippen molar-refractivity contribution in [2.24, 2.45) is 0 Å². The largest absolute Gasteiger partial charge is 0.394 e. The van der Waals surface area contributed by atoms with Gasteiger partial charge in [0, 0.05) is 26.5 Å². The first kappa shape index (κ1) is 14.2. The zero-order valence-electron chi connectivity index (χ0n) is 12.1. The fourth-order valence-electron chi connectivity index (χ4n) is 1.49. The summed E-state index contributed by atoms with van der Waals surface area (Å²) < 4.78 is 1.70. The minimum Gasteiger partial charge on any atom is -0.394 e. The summed E-state index contributed by atoms with van der Waals surface area (Å²) >= 11 is 0. The van der Waals surface area contributed by atoms with Crippen molar-refractivity contribution >= 4 is 11.9 Å². The van der Waals surface area contributed by atoms with E-state index in [2.05, 4.69) is 25.3 Å². The lowest BCUT2D eigenvalue weighted by Crippen LogP contribution is -2.45. The van der Waals surface area contributed by atoms with Crippen molar-refractivity contribution in [2.75, 3.05) is 30.9 Å². The molecule has 0 aromatic carbocycles. The molecule has 8 heteroatoms. The zero-order valence-corrected chi connectivity index (χ0v) is 12.1. The summed E-state index contributed by atoms with van der Waals surface area (Å²) in [6.07, 6.45) is 5.04. The molecular formula is C12H19N7O. The van der Waals surface area contributed by atoms with E-state index >= 15 is 0 Å². The molecule has 0 amide bonds. The summed E-state index contributed by atoms with van der Waals surface area (Å²) in [5.74, 6) is 1.41. The van der Waals surface area contributed by atoms with E-state index in [0.29, 0.717) is 17.8 Å². The lowest BCUT2D eigenvalue weighted by Gasteiger charge is -2.33. The molecule has 0 saturated carbocycles. The minimum absolute atomic E-state index is 0.00945. The highest BCUT2D eigenvalue weighted by atomic mass is 16.3. The van der Waals surface area contributed by atoms with E-state index < -0.39 is 5.54 Å². The number of likely N-dealkylation sites (N-methyl/N-ethyl adjacent to an activating group) is 1. The lowest BCUT2D eigenvalue weighted by atomic mass is 10.1. The van der Waals surface area contributed by atoms with E-state index in [4.69, 9.17) is 0 Å². The van der Waals surface area contributed by atoms with E-state index in [-0.39, 0.29) is 6.61 Å². The molecule has 20 heavy (non-hydrogen) atoms. The molecule has 0 aliphatic rings. The topological polar surface area (TPSA) is 92.0 Å². The second-order valence-corrected chi connectivity index (χ2v) is 5.01. The maximum Gasteiger partial charge on any atom is 0.241 e. The van der Waals surface area contributed by atoms with Crippen LogP contribution in [-0.2, 0) is 0 Å². The van der Waals surface area contributed by atoms with Gasteiger partial charge in [0.15, 0.2) is 0 Å². The summed E-state index contributed by atoms with van der Waals surface area (Å²) in [6, 6.07) is 0. The Morgan fingerprint density at radius 3 is 2.65 bits per heavy atom. The third-order valence-electron chi connectivity index (χ3n) is 3.17. The molecule has 0 fully saturated rings. The van der Waals surface area contributed by atoms with Gasteiger partial charge in [-0.25, -0.2) is 4.98 Å². The van der Waals surface area contributed by atoms with Crippen molar-refractivity contribution in [1.29, 1.82) is 0 Å². The molecule has 0 bridgehead atoms. The van der Waals surface area contributed by atoms with Crippen LogP contribution in [0.2, 0.25) is 0 Å². The normalized spacial score (nSPS) is 11.4. The molecule has 0 saturated heterocycles. The van der Waals surface area contributed by atoms with Gasteiger partial charge in [-0.05, 0) is 13.8 Å². The van der Waals surface area contributed by atoms with Crippen molar-refractivity contribution < 1.29 is 5.11 Å². The van der Waals surface area contributed by atoms with Gasteiger partial charge in [0.2, 0.25) is 17.8 Å². The van der Waals surface area contributed by atoms with Gasteiger partial charge in [0.1, 0.15) is 6.33 Å². The van der Waals surface area contributed by atoms with Gasteiger partial charge in [-0.3, -0.25) is 4.57 Å². The van der Waals surface area contributed by atoms with Crippen LogP contribution >= 0.6 is 0 Å². The smallest absolute Gasteiger partial charge is 0.241 e. The number of aliphatic hydroxyl groups is 1. The van der Waals surface area contributed by atoms with Crippen LogP contribution in [0.3, 0.4) is 0 Å². The summed E-state index contributed by atoms with van der Waals surface area (Å²) in [5.41, 5.74) is -0.474. The quantitative estimate of drug-likeness (QED) is 0.812. The van der Waals surface area contributed by atoms with Crippen LogP contribution < -0.4 is 10.2 Å². The Balaban J connectivity index is 2.46. The van der Waals surface area contributed by atoms with E-state index in [0.717, 1.165) is 0 Å². The highest BCUT2D eigenvalue weighted by Crippen LogP contribution is 2.19. The van der Waals surface area contributed by atoms with E-state index in [9.17, 15) is 5.11 Å². The van der Waals surface area contributed by atoms with E-state index in [1.54, 1.807) is 30.3 Å². The Hall–Kier alpha value is -2.22. The van der Waals surface area contributed by atoms with Crippen LogP contribution in [0, 0.1) is 0 Å². The van der Waals surface area contributed by atoms with Crippen molar-refractivity contribution in [3.8, 4) is 5.95 Å². The Morgan fingerprint density at radius 2 is 2.10 bits per heavy atom. The third-order valence-corrected chi connectivity index (χ3v) is 3.17. The molecule has 0 radical (unpaired) electrons. The van der Waals surface area contributed by atoms with Gasteiger partial charge < -0.3 is 15.3 Å². The second kappa shape index (κ2) is 5.41. The molecule has 2 aromatic heterocycles. The molecule has 2 N–H and O–H groups in total. The zero-order chi connectivity index (χ0) is 14.8.